The number of halogens is 1. The zero-order valence-electron chi connectivity index (χ0n) is 13.8. The van der Waals surface area contributed by atoms with Crippen LogP contribution in [0, 0.1) is 19.7 Å². The summed E-state index contributed by atoms with van der Waals surface area (Å²) in [7, 11) is 2.21. The lowest BCUT2D eigenvalue weighted by molar-refractivity contribution is 0.326. The van der Waals surface area contributed by atoms with Crippen molar-refractivity contribution < 1.29 is 4.39 Å². The standard InChI is InChI=1S/C9H21N.C8H10FN/c1-4-6-7-9-10(3)8-5-2;1-5-3-6(2)8(10)7(9)4-5/h4-9H2,1-3H3;3-4H,10H2,1-2H3. The second-order valence-electron chi connectivity index (χ2n) is 5.49. The lowest BCUT2D eigenvalue weighted by Gasteiger charge is -2.14. The molecule has 2 nitrogen and oxygen atoms in total. The summed E-state index contributed by atoms with van der Waals surface area (Å²) in [5.41, 5.74) is 7.34. The van der Waals surface area contributed by atoms with Crippen LogP contribution in [-0.2, 0) is 0 Å². The monoisotopic (exact) mass is 282 g/mol. The van der Waals surface area contributed by atoms with E-state index in [1.54, 1.807) is 6.92 Å². The van der Waals surface area contributed by atoms with E-state index < -0.39 is 0 Å². The quantitative estimate of drug-likeness (QED) is 0.613. The fraction of sp³-hybridized carbons (Fsp3) is 0.647. The average Bonchev–Trinajstić information content (AvgIpc) is 2.37. The van der Waals surface area contributed by atoms with E-state index in [9.17, 15) is 4.39 Å². The van der Waals surface area contributed by atoms with Crippen molar-refractivity contribution in [2.24, 2.45) is 0 Å². The first-order valence-electron chi connectivity index (χ1n) is 7.63. The van der Waals surface area contributed by atoms with Crippen molar-refractivity contribution in [2.45, 2.75) is 53.4 Å². The van der Waals surface area contributed by atoms with Crippen molar-refractivity contribution in [1.82, 2.24) is 4.90 Å². The minimum Gasteiger partial charge on any atom is -0.396 e. The van der Waals surface area contributed by atoms with Crippen LogP contribution in [0.15, 0.2) is 12.1 Å². The summed E-state index contributed by atoms with van der Waals surface area (Å²) >= 11 is 0. The van der Waals surface area contributed by atoms with Gasteiger partial charge < -0.3 is 10.6 Å². The van der Waals surface area contributed by atoms with Gasteiger partial charge in [0, 0.05) is 0 Å². The van der Waals surface area contributed by atoms with E-state index in [0.717, 1.165) is 11.1 Å². The van der Waals surface area contributed by atoms with Crippen molar-refractivity contribution in [2.75, 3.05) is 25.9 Å². The van der Waals surface area contributed by atoms with Gasteiger partial charge in [0.1, 0.15) is 5.82 Å². The number of benzene rings is 1. The molecule has 0 amide bonds. The van der Waals surface area contributed by atoms with Crippen LogP contribution in [0.3, 0.4) is 0 Å². The molecule has 0 aliphatic rings. The molecule has 2 N–H and O–H groups in total. The Morgan fingerprint density at radius 3 is 2.20 bits per heavy atom. The van der Waals surface area contributed by atoms with E-state index >= 15 is 0 Å². The van der Waals surface area contributed by atoms with Crippen LogP contribution < -0.4 is 5.73 Å². The number of hydrogen-bond acceptors (Lipinski definition) is 2. The first-order valence-corrected chi connectivity index (χ1v) is 7.63. The van der Waals surface area contributed by atoms with Gasteiger partial charge in [0.25, 0.3) is 0 Å². The highest BCUT2D eigenvalue weighted by Crippen LogP contribution is 2.16. The Hall–Kier alpha value is -1.09. The molecule has 1 aromatic carbocycles. The average molecular weight is 282 g/mol. The molecule has 0 aliphatic carbocycles. The van der Waals surface area contributed by atoms with Gasteiger partial charge in [0.15, 0.2) is 0 Å². The molecule has 1 aromatic rings. The summed E-state index contributed by atoms with van der Waals surface area (Å²) in [6, 6.07) is 3.29. The number of nitrogen functional groups attached to an aromatic ring is 1. The van der Waals surface area contributed by atoms with E-state index in [-0.39, 0.29) is 11.5 Å². The zero-order chi connectivity index (χ0) is 15.5. The molecule has 0 saturated heterocycles. The molecule has 0 bridgehead atoms. The topological polar surface area (TPSA) is 29.3 Å². The predicted octanol–water partition coefficient (Wildman–Crippen LogP) is 4.54. The van der Waals surface area contributed by atoms with Crippen molar-refractivity contribution in [3.63, 3.8) is 0 Å². The number of unbranched alkanes of at least 4 members (excludes halogenated alkanes) is 2. The van der Waals surface area contributed by atoms with Gasteiger partial charge >= 0.3 is 0 Å². The van der Waals surface area contributed by atoms with Crippen LogP contribution in [0.5, 0.6) is 0 Å². The number of nitrogens with two attached hydrogens (primary N) is 1. The Balaban J connectivity index is 0.000000361. The van der Waals surface area contributed by atoms with Crippen molar-refractivity contribution in [3.8, 4) is 0 Å². The molecule has 0 radical (unpaired) electrons. The van der Waals surface area contributed by atoms with E-state index in [2.05, 4.69) is 25.8 Å². The molecule has 20 heavy (non-hydrogen) atoms. The van der Waals surface area contributed by atoms with Gasteiger partial charge in [-0.1, -0.05) is 32.8 Å². The van der Waals surface area contributed by atoms with Gasteiger partial charge in [-0.2, -0.15) is 0 Å². The molecular formula is C17H31FN2. The maximum absolute atomic E-state index is 12.7. The Morgan fingerprint density at radius 2 is 1.70 bits per heavy atom. The minimum absolute atomic E-state index is 0.255. The highest BCUT2D eigenvalue weighted by molar-refractivity contribution is 5.48. The van der Waals surface area contributed by atoms with E-state index in [1.165, 1.54) is 44.8 Å². The molecule has 0 fully saturated rings. The number of rotatable bonds is 6. The molecule has 0 aliphatic heterocycles. The Morgan fingerprint density at radius 1 is 1.05 bits per heavy atom. The highest BCUT2D eigenvalue weighted by atomic mass is 19.1. The number of aryl methyl sites for hydroxylation is 2. The molecule has 0 heterocycles. The molecule has 0 aromatic heterocycles. The lowest BCUT2D eigenvalue weighted by Crippen LogP contribution is -2.20. The summed E-state index contributed by atoms with van der Waals surface area (Å²) in [5.74, 6) is -0.322. The Labute approximate surface area is 124 Å². The van der Waals surface area contributed by atoms with Gasteiger partial charge in [0.2, 0.25) is 0 Å². The van der Waals surface area contributed by atoms with Gasteiger partial charge in [-0.15, -0.1) is 0 Å². The molecule has 0 unspecified atom stereocenters. The second kappa shape index (κ2) is 10.7. The van der Waals surface area contributed by atoms with Crippen LogP contribution in [0.1, 0.15) is 50.7 Å². The Kier molecular flexibility index (Phi) is 10.1. The second-order valence-corrected chi connectivity index (χ2v) is 5.49. The largest absolute Gasteiger partial charge is 0.396 e. The molecule has 0 saturated carbocycles. The molecular weight excluding hydrogens is 251 g/mol. The van der Waals surface area contributed by atoms with Crippen LogP contribution in [-0.4, -0.2) is 25.0 Å². The summed E-state index contributed by atoms with van der Waals surface area (Å²) in [6.07, 6.45) is 5.36. The van der Waals surface area contributed by atoms with Gasteiger partial charge in [-0.3, -0.25) is 0 Å². The van der Waals surface area contributed by atoms with Crippen LogP contribution in [0.25, 0.3) is 0 Å². The smallest absolute Gasteiger partial charge is 0.146 e. The maximum atomic E-state index is 12.7. The molecule has 0 atom stereocenters. The van der Waals surface area contributed by atoms with Crippen molar-refractivity contribution >= 4 is 5.69 Å². The molecule has 1 rings (SSSR count). The summed E-state index contributed by atoms with van der Waals surface area (Å²) in [4.78, 5) is 2.41. The number of nitrogens with zero attached hydrogens (tertiary/aromatic N) is 1. The first kappa shape index (κ1) is 18.9. The molecule has 0 spiro atoms. The maximum Gasteiger partial charge on any atom is 0.146 e. The van der Waals surface area contributed by atoms with E-state index in [4.69, 9.17) is 5.73 Å². The van der Waals surface area contributed by atoms with Crippen LogP contribution in [0.2, 0.25) is 0 Å². The third-order valence-corrected chi connectivity index (χ3v) is 3.23. The summed E-state index contributed by atoms with van der Waals surface area (Å²) < 4.78 is 12.7. The third kappa shape index (κ3) is 8.16. The fourth-order valence-corrected chi connectivity index (χ4v) is 2.05. The van der Waals surface area contributed by atoms with Crippen LogP contribution in [0.4, 0.5) is 10.1 Å². The SMILES string of the molecule is CCCCCN(C)CCC.Cc1cc(C)c(N)c(F)c1. The Bertz CT molecular complexity index is 354. The number of hydrogen-bond donors (Lipinski definition) is 1. The van der Waals surface area contributed by atoms with Crippen molar-refractivity contribution in [1.29, 1.82) is 0 Å². The lowest BCUT2D eigenvalue weighted by atomic mass is 10.1. The third-order valence-electron chi connectivity index (χ3n) is 3.23. The zero-order valence-corrected chi connectivity index (χ0v) is 13.8. The summed E-state index contributed by atoms with van der Waals surface area (Å²) in [5, 5.41) is 0. The van der Waals surface area contributed by atoms with Gasteiger partial charge in [0.05, 0.1) is 5.69 Å². The molecule has 116 valence electrons. The molecule has 3 heteroatoms. The van der Waals surface area contributed by atoms with E-state index in [0.29, 0.717) is 0 Å². The highest BCUT2D eigenvalue weighted by Gasteiger charge is 2.00. The number of anilines is 1. The normalized spacial score (nSPS) is 10.3. The van der Waals surface area contributed by atoms with Crippen molar-refractivity contribution in [3.05, 3.63) is 29.1 Å². The van der Waals surface area contributed by atoms with Crippen LogP contribution >= 0.6 is 0 Å². The van der Waals surface area contributed by atoms with Gasteiger partial charge in [-0.05, 0) is 64.0 Å². The summed E-state index contributed by atoms with van der Waals surface area (Å²) in [6.45, 7) is 10.7. The van der Waals surface area contributed by atoms with Gasteiger partial charge in [-0.25, -0.2) is 4.39 Å². The predicted molar refractivity (Wildman–Crippen MR) is 87.6 cm³/mol. The minimum atomic E-state index is -0.322. The first-order chi connectivity index (χ1) is 9.42. The van der Waals surface area contributed by atoms with E-state index in [1.807, 2.05) is 13.0 Å². The fourth-order valence-electron chi connectivity index (χ4n) is 2.05.